The van der Waals surface area contributed by atoms with E-state index in [0.717, 1.165) is 30.0 Å². The monoisotopic (exact) mass is 510 g/mol. The van der Waals surface area contributed by atoms with Gasteiger partial charge in [-0.3, -0.25) is 0 Å². The third-order valence-corrected chi connectivity index (χ3v) is 5.54. The molecular formula is C30H38O7. The zero-order valence-electron chi connectivity index (χ0n) is 22.6. The number of carbonyl (C=O) groups is 2. The fourth-order valence-electron chi connectivity index (χ4n) is 3.50. The normalized spacial score (nSPS) is 10.8. The molecule has 37 heavy (non-hydrogen) atoms. The van der Waals surface area contributed by atoms with Gasteiger partial charge < -0.3 is 23.7 Å². The zero-order valence-corrected chi connectivity index (χ0v) is 22.6. The lowest BCUT2D eigenvalue weighted by Gasteiger charge is -2.30. The van der Waals surface area contributed by atoms with Crippen LogP contribution in [0.4, 0.5) is 0 Å². The van der Waals surface area contributed by atoms with Crippen molar-refractivity contribution in [3.8, 4) is 23.0 Å². The van der Waals surface area contributed by atoms with Gasteiger partial charge in [-0.15, -0.1) is 0 Å². The molecule has 2 rings (SSSR count). The predicted octanol–water partition coefficient (Wildman–Crippen LogP) is 6.18. The van der Waals surface area contributed by atoms with Crippen molar-refractivity contribution in [2.75, 3.05) is 26.4 Å². The summed E-state index contributed by atoms with van der Waals surface area (Å²) in [4.78, 5) is 23.4. The highest BCUT2D eigenvalue weighted by Gasteiger charge is 2.31. The van der Waals surface area contributed by atoms with Gasteiger partial charge in [0.1, 0.15) is 19.0 Å². The van der Waals surface area contributed by atoms with Gasteiger partial charge in [0, 0.05) is 22.6 Å². The maximum absolute atomic E-state index is 11.9. The number of esters is 2. The Balaban J connectivity index is 2.35. The Morgan fingerprint density at radius 2 is 1.49 bits per heavy atom. The van der Waals surface area contributed by atoms with Crippen molar-refractivity contribution < 1.29 is 33.3 Å². The maximum atomic E-state index is 11.9. The average Bonchev–Trinajstić information content (AvgIpc) is 2.88. The Labute approximate surface area is 220 Å². The minimum atomic E-state index is -0.570. The summed E-state index contributed by atoms with van der Waals surface area (Å²) in [7, 11) is 0. The first-order valence-electron chi connectivity index (χ1n) is 12.5. The van der Waals surface area contributed by atoms with Gasteiger partial charge >= 0.3 is 11.9 Å². The van der Waals surface area contributed by atoms with Gasteiger partial charge in [-0.1, -0.05) is 59.1 Å². The minimum absolute atomic E-state index is 0.139. The van der Waals surface area contributed by atoms with Crippen LogP contribution in [0.1, 0.15) is 58.6 Å². The topological polar surface area (TPSA) is 80.3 Å². The van der Waals surface area contributed by atoms with Crippen molar-refractivity contribution in [1.29, 1.82) is 0 Å². The SMILES string of the molecule is C=CC(=O)Oc1ccc(C(C)(C)c2ccc(OCCOC(=O)C(=C)C)cc2)c(OCCC)c1OCCC. The molecule has 2 aromatic carbocycles. The van der Waals surface area contributed by atoms with Gasteiger partial charge in [0.2, 0.25) is 5.75 Å². The molecule has 0 aliphatic rings. The summed E-state index contributed by atoms with van der Waals surface area (Å²) in [5.41, 5.74) is 1.78. The molecule has 0 unspecified atom stereocenters. The highest BCUT2D eigenvalue weighted by molar-refractivity contribution is 5.87. The van der Waals surface area contributed by atoms with Crippen LogP contribution in [0.25, 0.3) is 0 Å². The molecule has 0 amide bonds. The van der Waals surface area contributed by atoms with Gasteiger partial charge in [0.05, 0.1) is 13.2 Å². The zero-order chi connectivity index (χ0) is 27.4. The molecule has 0 atom stereocenters. The predicted molar refractivity (Wildman–Crippen MR) is 144 cm³/mol. The van der Waals surface area contributed by atoms with Crippen LogP contribution < -0.4 is 18.9 Å². The summed E-state index contributed by atoms with van der Waals surface area (Å²) >= 11 is 0. The second-order valence-electron chi connectivity index (χ2n) is 9.01. The lowest BCUT2D eigenvalue weighted by Crippen LogP contribution is -2.21. The second kappa shape index (κ2) is 14.1. The third kappa shape index (κ3) is 8.13. The molecule has 200 valence electrons. The highest BCUT2D eigenvalue weighted by atomic mass is 16.6. The molecule has 0 aliphatic heterocycles. The lowest BCUT2D eigenvalue weighted by molar-refractivity contribution is -0.139. The third-order valence-electron chi connectivity index (χ3n) is 5.54. The summed E-state index contributed by atoms with van der Waals surface area (Å²) in [6.45, 7) is 18.1. The number of hydrogen-bond donors (Lipinski definition) is 0. The van der Waals surface area contributed by atoms with Gasteiger partial charge in [0.15, 0.2) is 11.5 Å². The van der Waals surface area contributed by atoms with Crippen LogP contribution in [0.5, 0.6) is 23.0 Å². The Kier molecular flexibility index (Phi) is 11.2. The van der Waals surface area contributed by atoms with E-state index in [-0.39, 0.29) is 13.2 Å². The largest absolute Gasteiger partial charge is 0.490 e. The van der Waals surface area contributed by atoms with E-state index in [1.807, 2.05) is 44.2 Å². The van der Waals surface area contributed by atoms with E-state index in [1.165, 1.54) is 0 Å². The second-order valence-corrected chi connectivity index (χ2v) is 9.01. The summed E-state index contributed by atoms with van der Waals surface area (Å²) < 4.78 is 28.5. The molecule has 0 aromatic heterocycles. The van der Waals surface area contributed by atoms with Crippen molar-refractivity contribution in [3.63, 3.8) is 0 Å². The molecule has 0 aliphatic carbocycles. The van der Waals surface area contributed by atoms with Gasteiger partial charge in [-0.25, -0.2) is 9.59 Å². The number of rotatable bonds is 15. The van der Waals surface area contributed by atoms with E-state index in [9.17, 15) is 9.59 Å². The molecule has 0 bridgehead atoms. The summed E-state index contributed by atoms with van der Waals surface area (Å²) in [6.07, 6.45) is 2.70. The van der Waals surface area contributed by atoms with E-state index in [1.54, 1.807) is 13.0 Å². The van der Waals surface area contributed by atoms with Crippen LogP contribution in [0.2, 0.25) is 0 Å². The molecule has 0 saturated carbocycles. The quantitative estimate of drug-likeness (QED) is 0.122. The molecule has 7 heteroatoms. The lowest BCUT2D eigenvalue weighted by atomic mass is 9.77. The number of benzene rings is 2. The fourth-order valence-corrected chi connectivity index (χ4v) is 3.50. The van der Waals surface area contributed by atoms with Crippen LogP contribution >= 0.6 is 0 Å². The Morgan fingerprint density at radius 3 is 2.05 bits per heavy atom. The standard InChI is InChI=1S/C30H38O7/c1-8-17-34-27-24(15-16-25(37-26(31)10-3)28(27)35-18-9-2)30(6,7)22-11-13-23(14-12-22)33-19-20-36-29(32)21(4)5/h10-16H,3-4,8-9,17-20H2,1-2,5-7H3. The van der Waals surface area contributed by atoms with E-state index in [2.05, 4.69) is 27.0 Å². The van der Waals surface area contributed by atoms with Crippen molar-refractivity contribution in [2.24, 2.45) is 0 Å². The van der Waals surface area contributed by atoms with Crippen molar-refractivity contribution in [2.45, 2.75) is 52.9 Å². The van der Waals surface area contributed by atoms with Gasteiger partial charge in [-0.2, -0.15) is 0 Å². The molecule has 0 heterocycles. The first kappa shape index (κ1) is 29.5. The Bertz CT molecular complexity index is 1080. The first-order valence-corrected chi connectivity index (χ1v) is 12.5. The van der Waals surface area contributed by atoms with Crippen LogP contribution in [-0.4, -0.2) is 38.4 Å². The van der Waals surface area contributed by atoms with Crippen molar-refractivity contribution in [3.05, 3.63) is 72.3 Å². The molecule has 0 spiro atoms. The molecule has 2 aromatic rings. The molecular weight excluding hydrogens is 472 g/mol. The Hall–Kier alpha value is -3.74. The van der Waals surface area contributed by atoms with Crippen LogP contribution in [0.3, 0.4) is 0 Å². The number of carbonyl (C=O) groups excluding carboxylic acids is 2. The summed E-state index contributed by atoms with van der Waals surface area (Å²) in [5.74, 6) is 0.899. The Morgan fingerprint density at radius 1 is 0.865 bits per heavy atom. The van der Waals surface area contributed by atoms with Crippen molar-refractivity contribution >= 4 is 11.9 Å². The molecule has 0 fully saturated rings. The summed E-state index contributed by atoms with van der Waals surface area (Å²) in [6, 6.07) is 11.3. The average molecular weight is 511 g/mol. The molecule has 0 radical (unpaired) electrons. The summed E-state index contributed by atoms with van der Waals surface area (Å²) in [5, 5.41) is 0. The number of ether oxygens (including phenoxy) is 5. The van der Waals surface area contributed by atoms with E-state index in [4.69, 9.17) is 23.7 Å². The smallest absolute Gasteiger partial charge is 0.335 e. The maximum Gasteiger partial charge on any atom is 0.335 e. The van der Waals surface area contributed by atoms with Crippen LogP contribution in [0, 0.1) is 0 Å². The molecule has 0 N–H and O–H groups in total. The minimum Gasteiger partial charge on any atom is -0.490 e. The molecule has 7 nitrogen and oxygen atoms in total. The first-order chi connectivity index (χ1) is 17.6. The van der Waals surface area contributed by atoms with Crippen LogP contribution in [0.15, 0.2) is 61.2 Å². The van der Waals surface area contributed by atoms with Gasteiger partial charge in [-0.05, 0) is 43.5 Å². The van der Waals surface area contributed by atoms with Crippen molar-refractivity contribution in [1.82, 2.24) is 0 Å². The van der Waals surface area contributed by atoms with Crippen LogP contribution in [-0.2, 0) is 19.7 Å². The fraction of sp³-hybridized carbons (Fsp3) is 0.400. The highest BCUT2D eigenvalue weighted by Crippen LogP contribution is 2.47. The van der Waals surface area contributed by atoms with E-state index < -0.39 is 17.4 Å². The van der Waals surface area contributed by atoms with E-state index in [0.29, 0.717) is 41.8 Å². The van der Waals surface area contributed by atoms with Gasteiger partial charge in [0.25, 0.3) is 0 Å². The molecule has 0 saturated heterocycles. The van der Waals surface area contributed by atoms with E-state index >= 15 is 0 Å². The number of hydrogen-bond acceptors (Lipinski definition) is 7.